The van der Waals surface area contributed by atoms with Gasteiger partial charge in [0.15, 0.2) is 0 Å². The maximum atomic E-state index is 2.67. The summed E-state index contributed by atoms with van der Waals surface area (Å²) in [7, 11) is 0. The van der Waals surface area contributed by atoms with Gasteiger partial charge in [-0.3, -0.25) is 0 Å². The normalized spacial score (nSPS) is 13.7. The molecule has 0 radical (unpaired) electrons. The zero-order valence-electron chi connectivity index (χ0n) is 38.3. The summed E-state index contributed by atoms with van der Waals surface area (Å²) in [4.78, 5) is 0. The minimum Gasteiger partial charge on any atom is -1.00 e. The fourth-order valence-corrected chi connectivity index (χ4v) is 20.2. The zero-order valence-corrected chi connectivity index (χ0v) is 42.3. The van der Waals surface area contributed by atoms with Crippen LogP contribution in [0.25, 0.3) is 33.4 Å². The molecule has 6 aromatic rings. The van der Waals surface area contributed by atoms with E-state index < -0.39 is 21.3 Å². The minimum absolute atomic E-state index is 0. The number of hydrogen-bond acceptors (Lipinski definition) is 0. The van der Waals surface area contributed by atoms with Crippen LogP contribution in [-0.2, 0) is 32.1 Å². The SMILES string of the molecule is CC1=CC[C]([Zr+2](=[C](c2ccc(C)cc2)c2ccc(C)cc2)[CH]2c3cc(-c4ccccc4)c(C(C)(C)C)cc3-c3cc(C(C)(C)C)c(-c4ccccc4)cc32)=C1C(C)(C)C.[Cl-].[Cl-]. The van der Waals surface area contributed by atoms with Crippen molar-refractivity contribution < 1.29 is 46.1 Å². The molecule has 0 saturated heterocycles. The Balaban J connectivity index is 0.00000311. The Labute approximate surface area is 387 Å². The summed E-state index contributed by atoms with van der Waals surface area (Å²) >= 11 is -3.16. The Bertz CT molecular complexity index is 2500. The van der Waals surface area contributed by atoms with Gasteiger partial charge in [-0.15, -0.1) is 0 Å². The largest absolute Gasteiger partial charge is 1.00 e. The van der Waals surface area contributed by atoms with Crippen LogP contribution in [0.4, 0.5) is 0 Å². The van der Waals surface area contributed by atoms with E-state index in [9.17, 15) is 0 Å². The average molecular weight is 921 g/mol. The molecule has 0 nitrogen and oxygen atoms in total. The van der Waals surface area contributed by atoms with Crippen molar-refractivity contribution in [2.75, 3.05) is 0 Å². The monoisotopic (exact) mass is 918 g/mol. The molecule has 0 spiro atoms. The molecule has 312 valence electrons. The third-order valence-electron chi connectivity index (χ3n) is 12.7. The van der Waals surface area contributed by atoms with E-state index in [0.717, 1.165) is 6.42 Å². The van der Waals surface area contributed by atoms with Gasteiger partial charge in [0.25, 0.3) is 0 Å². The molecular formula is C58H62Cl2Zr. The van der Waals surface area contributed by atoms with Gasteiger partial charge >= 0.3 is 366 Å². The third-order valence-corrected chi connectivity index (χ3v) is 21.1. The first-order chi connectivity index (χ1) is 27.9. The van der Waals surface area contributed by atoms with Crippen molar-refractivity contribution in [2.45, 2.75) is 104 Å². The smallest absolute Gasteiger partial charge is 1.00 e. The first kappa shape index (κ1) is 46.6. The number of rotatable bonds is 6. The van der Waals surface area contributed by atoms with E-state index in [-0.39, 0.29) is 44.7 Å². The van der Waals surface area contributed by atoms with Crippen molar-refractivity contribution in [3.8, 4) is 33.4 Å². The van der Waals surface area contributed by atoms with Crippen LogP contribution in [0.2, 0.25) is 0 Å². The second-order valence-electron chi connectivity index (χ2n) is 20.4. The molecule has 61 heavy (non-hydrogen) atoms. The molecule has 0 atom stereocenters. The molecule has 6 aromatic carbocycles. The van der Waals surface area contributed by atoms with Crippen molar-refractivity contribution in [2.24, 2.45) is 5.41 Å². The molecule has 2 aliphatic rings. The first-order valence-electron chi connectivity index (χ1n) is 21.7. The number of halogens is 2. The number of aryl methyl sites for hydroxylation is 2. The molecule has 8 rings (SSSR count). The molecule has 3 heteroatoms. The Morgan fingerprint density at radius 1 is 0.475 bits per heavy atom. The van der Waals surface area contributed by atoms with Crippen LogP contribution >= 0.6 is 0 Å². The van der Waals surface area contributed by atoms with Crippen LogP contribution in [0.15, 0.2) is 154 Å². The van der Waals surface area contributed by atoms with Crippen LogP contribution in [-0.4, -0.2) is 3.21 Å². The molecule has 0 fully saturated rings. The second-order valence-corrected chi connectivity index (χ2v) is 26.5. The predicted molar refractivity (Wildman–Crippen MR) is 252 cm³/mol. The first-order valence-corrected chi connectivity index (χ1v) is 25.6. The molecule has 0 N–H and O–H groups in total. The van der Waals surface area contributed by atoms with Crippen molar-refractivity contribution in [1.82, 2.24) is 0 Å². The van der Waals surface area contributed by atoms with Crippen molar-refractivity contribution >= 4 is 3.21 Å². The number of fused-ring (bicyclic) bond motifs is 3. The van der Waals surface area contributed by atoms with Gasteiger partial charge in [0.05, 0.1) is 0 Å². The van der Waals surface area contributed by atoms with Gasteiger partial charge in [-0.05, 0) is 0 Å². The Morgan fingerprint density at radius 3 is 1.23 bits per heavy atom. The number of benzene rings is 6. The summed E-state index contributed by atoms with van der Waals surface area (Å²) in [6.45, 7) is 28.5. The van der Waals surface area contributed by atoms with Gasteiger partial charge in [-0.25, -0.2) is 0 Å². The fraction of sp³-hybridized carbons (Fsp3) is 0.293. The quantitative estimate of drug-likeness (QED) is 0.156. The van der Waals surface area contributed by atoms with Crippen molar-refractivity contribution in [1.29, 1.82) is 0 Å². The summed E-state index contributed by atoms with van der Waals surface area (Å²) < 4.78 is 3.62. The van der Waals surface area contributed by atoms with E-state index in [1.807, 2.05) is 0 Å². The molecule has 2 aliphatic carbocycles. The summed E-state index contributed by atoms with van der Waals surface area (Å²) in [6.07, 6.45) is 3.60. The second kappa shape index (κ2) is 17.7. The molecule has 0 unspecified atom stereocenters. The topological polar surface area (TPSA) is 0 Å². The number of hydrogen-bond donors (Lipinski definition) is 0. The van der Waals surface area contributed by atoms with Crippen molar-refractivity contribution in [3.05, 3.63) is 198 Å². The third kappa shape index (κ3) is 9.01. The van der Waals surface area contributed by atoms with E-state index in [4.69, 9.17) is 0 Å². The standard InChI is InChI=1S/C33H33.C15H14.C10H15.2ClH.Zr/c1-32(2,3)30-20-26-24(18-28(30)22-13-9-7-10-14-22)17-25-19-29(23-15-11-8-12-16-23)31(21-27(25)26)33(4,5)6;1-12-3-7-14(8-4-12)11-15-9-5-13(2)6-10-15;1-8-6-5-7-9(8)10(2,3)4;;;/h7-21H,1-6H3;3-10H,1-2H3;6H,5H2,1-4H3;2*1H;/q;;;;;+2/p-2. The molecular weight excluding hydrogens is 859 g/mol. The van der Waals surface area contributed by atoms with Crippen LogP contribution in [0.1, 0.15) is 124 Å². The van der Waals surface area contributed by atoms with E-state index in [2.05, 4.69) is 223 Å². The number of allylic oxidation sites excluding steroid dienone is 4. The fourth-order valence-electron chi connectivity index (χ4n) is 9.98. The molecule has 0 bridgehead atoms. The molecule has 0 aliphatic heterocycles. The Kier molecular flexibility index (Phi) is 13.5. The minimum atomic E-state index is -3.16. The van der Waals surface area contributed by atoms with Crippen LogP contribution < -0.4 is 24.8 Å². The van der Waals surface area contributed by atoms with Crippen LogP contribution in [0, 0.1) is 19.3 Å². The van der Waals surface area contributed by atoms with Gasteiger partial charge in [0.2, 0.25) is 0 Å². The van der Waals surface area contributed by atoms with Crippen LogP contribution in [0.5, 0.6) is 0 Å². The van der Waals surface area contributed by atoms with Gasteiger partial charge < -0.3 is 24.8 Å². The van der Waals surface area contributed by atoms with Gasteiger partial charge in [0, 0.05) is 0 Å². The van der Waals surface area contributed by atoms with E-state index in [1.54, 1.807) is 12.1 Å². The predicted octanol–water partition coefficient (Wildman–Crippen LogP) is 9.85. The maximum Gasteiger partial charge on any atom is -1.00 e. The summed E-state index contributed by atoms with van der Waals surface area (Å²) in [5, 5.41) is 0. The Morgan fingerprint density at radius 2 is 0.869 bits per heavy atom. The zero-order chi connectivity index (χ0) is 42.0. The summed E-state index contributed by atoms with van der Waals surface area (Å²) in [6, 6.07) is 52.1. The molecule has 0 saturated carbocycles. The summed E-state index contributed by atoms with van der Waals surface area (Å²) in [5.41, 5.74) is 22.5. The van der Waals surface area contributed by atoms with Crippen molar-refractivity contribution in [3.63, 3.8) is 0 Å². The molecule has 0 aromatic heterocycles. The Hall–Kier alpha value is -3.87. The summed E-state index contributed by atoms with van der Waals surface area (Å²) in [5.74, 6) is 0. The van der Waals surface area contributed by atoms with Crippen LogP contribution in [0.3, 0.4) is 0 Å². The van der Waals surface area contributed by atoms with E-state index in [0.29, 0.717) is 0 Å². The van der Waals surface area contributed by atoms with E-state index >= 15 is 0 Å². The maximum absolute atomic E-state index is 3.16. The van der Waals surface area contributed by atoms with Gasteiger partial charge in [0.1, 0.15) is 0 Å². The van der Waals surface area contributed by atoms with E-state index in [1.165, 1.54) is 83.5 Å². The van der Waals surface area contributed by atoms with Gasteiger partial charge in [-0.1, -0.05) is 0 Å². The molecule has 0 amide bonds. The van der Waals surface area contributed by atoms with Gasteiger partial charge in [-0.2, -0.15) is 0 Å². The average Bonchev–Trinajstić information content (AvgIpc) is 3.74. The molecule has 0 heterocycles.